The first-order chi connectivity index (χ1) is 6.36. The second-order valence-electron chi connectivity index (χ2n) is 2.68. The molecule has 70 valence electrons. The zero-order chi connectivity index (χ0) is 9.10. The van der Waals surface area contributed by atoms with Gasteiger partial charge in [0.25, 0.3) is 5.91 Å². The van der Waals surface area contributed by atoms with Gasteiger partial charge in [-0.15, -0.1) is 0 Å². The average Bonchev–Trinajstić information content (AvgIpc) is 2.61. The van der Waals surface area contributed by atoms with Crippen LogP contribution in [0.4, 0.5) is 0 Å². The number of amides is 1. The highest BCUT2D eigenvalue weighted by Crippen LogP contribution is 2.08. The Balaban J connectivity index is 1.97. The van der Waals surface area contributed by atoms with Crippen LogP contribution in [0.15, 0.2) is 22.8 Å². The highest BCUT2D eigenvalue weighted by molar-refractivity contribution is 5.77. The van der Waals surface area contributed by atoms with Gasteiger partial charge >= 0.3 is 0 Å². The molecule has 1 saturated heterocycles. The lowest BCUT2D eigenvalue weighted by Gasteiger charge is -2.24. The first kappa shape index (κ1) is 8.28. The summed E-state index contributed by atoms with van der Waals surface area (Å²) < 4.78 is 5.09. The number of furan rings is 1. The Morgan fingerprint density at radius 1 is 1.46 bits per heavy atom. The smallest absolute Gasteiger partial charge is 0.254 e. The van der Waals surface area contributed by atoms with Crippen molar-refractivity contribution in [3.63, 3.8) is 0 Å². The standard InChI is InChI=1S/C8H9NO4/c10-8-5-12-13-6-9(8)4-7-2-1-3-11-7/h1-3H,4-6H2. The topological polar surface area (TPSA) is 51.9 Å². The molecule has 2 rings (SSSR count). The highest BCUT2D eigenvalue weighted by Gasteiger charge is 2.20. The maximum atomic E-state index is 11.2. The van der Waals surface area contributed by atoms with Crippen LogP contribution >= 0.6 is 0 Å². The molecule has 0 aliphatic carbocycles. The van der Waals surface area contributed by atoms with Gasteiger partial charge in [-0.2, -0.15) is 0 Å². The summed E-state index contributed by atoms with van der Waals surface area (Å²) >= 11 is 0. The van der Waals surface area contributed by atoms with E-state index in [-0.39, 0.29) is 19.2 Å². The molecule has 0 radical (unpaired) electrons. The molecular formula is C8H9NO4. The number of nitrogens with zero attached hydrogens (tertiary/aromatic N) is 1. The lowest BCUT2D eigenvalue weighted by Crippen LogP contribution is -2.39. The molecular weight excluding hydrogens is 174 g/mol. The molecule has 0 saturated carbocycles. The Morgan fingerprint density at radius 2 is 2.38 bits per heavy atom. The SMILES string of the molecule is O=C1COOCN1Cc1ccco1. The predicted molar refractivity (Wildman–Crippen MR) is 41.2 cm³/mol. The van der Waals surface area contributed by atoms with E-state index in [2.05, 4.69) is 9.78 Å². The normalized spacial score (nSPS) is 17.8. The van der Waals surface area contributed by atoms with Gasteiger partial charge in [0.05, 0.1) is 12.8 Å². The van der Waals surface area contributed by atoms with Gasteiger partial charge < -0.3 is 9.32 Å². The molecule has 0 atom stereocenters. The van der Waals surface area contributed by atoms with Crippen molar-refractivity contribution in [2.24, 2.45) is 0 Å². The fourth-order valence-electron chi connectivity index (χ4n) is 1.08. The maximum absolute atomic E-state index is 11.2. The molecule has 0 spiro atoms. The van der Waals surface area contributed by atoms with Gasteiger partial charge in [0.2, 0.25) is 0 Å². The van der Waals surface area contributed by atoms with E-state index in [9.17, 15) is 4.79 Å². The van der Waals surface area contributed by atoms with Crippen molar-refractivity contribution in [3.8, 4) is 0 Å². The van der Waals surface area contributed by atoms with E-state index in [4.69, 9.17) is 4.42 Å². The van der Waals surface area contributed by atoms with Crippen molar-refractivity contribution in [2.45, 2.75) is 6.54 Å². The Kier molecular flexibility index (Phi) is 2.29. The molecule has 5 nitrogen and oxygen atoms in total. The molecule has 13 heavy (non-hydrogen) atoms. The zero-order valence-corrected chi connectivity index (χ0v) is 6.93. The molecule has 5 heteroatoms. The summed E-state index contributed by atoms with van der Waals surface area (Å²) in [6.07, 6.45) is 1.57. The van der Waals surface area contributed by atoms with E-state index in [0.717, 1.165) is 5.76 Å². The zero-order valence-electron chi connectivity index (χ0n) is 6.93. The van der Waals surface area contributed by atoms with Crippen LogP contribution in [0.2, 0.25) is 0 Å². The minimum absolute atomic E-state index is 0.0271. The van der Waals surface area contributed by atoms with Crippen LogP contribution in [0.1, 0.15) is 5.76 Å². The van der Waals surface area contributed by atoms with E-state index in [1.54, 1.807) is 12.3 Å². The first-order valence-electron chi connectivity index (χ1n) is 3.91. The Labute approximate surface area is 74.8 Å². The third kappa shape index (κ3) is 1.88. The number of rotatable bonds is 2. The minimum atomic E-state index is -0.0948. The summed E-state index contributed by atoms with van der Waals surface area (Å²) in [5, 5.41) is 0. The number of hydrogen-bond acceptors (Lipinski definition) is 4. The molecule has 0 N–H and O–H groups in total. The summed E-state index contributed by atoms with van der Waals surface area (Å²) in [6.45, 7) is 0.551. The van der Waals surface area contributed by atoms with Crippen molar-refractivity contribution in [2.75, 3.05) is 13.3 Å². The first-order valence-corrected chi connectivity index (χ1v) is 3.91. The van der Waals surface area contributed by atoms with Crippen molar-refractivity contribution in [3.05, 3.63) is 24.2 Å². The fourth-order valence-corrected chi connectivity index (χ4v) is 1.08. The lowest BCUT2D eigenvalue weighted by molar-refractivity contribution is -0.329. The van der Waals surface area contributed by atoms with Gasteiger partial charge in [-0.1, -0.05) is 0 Å². The molecule has 0 aromatic carbocycles. The van der Waals surface area contributed by atoms with E-state index in [1.807, 2.05) is 6.07 Å². The van der Waals surface area contributed by atoms with Crippen LogP contribution < -0.4 is 0 Å². The number of carbonyl (C=O) groups excluding carboxylic acids is 1. The molecule has 1 fully saturated rings. The summed E-state index contributed by atoms with van der Waals surface area (Å²) in [5.41, 5.74) is 0. The van der Waals surface area contributed by atoms with Gasteiger partial charge in [0, 0.05) is 0 Å². The molecule has 1 amide bonds. The molecule has 1 aromatic heterocycles. The Hall–Kier alpha value is -1.33. The van der Waals surface area contributed by atoms with Gasteiger partial charge in [-0.05, 0) is 12.1 Å². The summed E-state index contributed by atoms with van der Waals surface area (Å²) in [4.78, 5) is 21.9. The molecule has 2 heterocycles. The maximum Gasteiger partial charge on any atom is 0.254 e. The molecule has 0 bridgehead atoms. The largest absolute Gasteiger partial charge is 0.467 e. The predicted octanol–water partition coefficient (Wildman–Crippen LogP) is 0.527. The second-order valence-corrected chi connectivity index (χ2v) is 2.68. The number of hydrogen-bond donors (Lipinski definition) is 0. The van der Waals surface area contributed by atoms with E-state index in [1.165, 1.54) is 4.90 Å². The average molecular weight is 183 g/mol. The second kappa shape index (κ2) is 3.59. The van der Waals surface area contributed by atoms with Crippen LogP contribution in [0.5, 0.6) is 0 Å². The van der Waals surface area contributed by atoms with Crippen LogP contribution in [0.25, 0.3) is 0 Å². The molecule has 1 aliphatic rings. The van der Waals surface area contributed by atoms with Crippen molar-refractivity contribution in [1.29, 1.82) is 0 Å². The third-order valence-electron chi connectivity index (χ3n) is 1.75. The molecule has 0 unspecified atom stereocenters. The summed E-state index contributed by atoms with van der Waals surface area (Å²) in [6, 6.07) is 3.59. The third-order valence-corrected chi connectivity index (χ3v) is 1.75. The van der Waals surface area contributed by atoms with Crippen LogP contribution in [-0.2, 0) is 21.1 Å². The molecule has 1 aliphatic heterocycles. The van der Waals surface area contributed by atoms with Crippen LogP contribution in [0.3, 0.4) is 0 Å². The van der Waals surface area contributed by atoms with Crippen molar-refractivity contribution < 1.29 is 19.0 Å². The van der Waals surface area contributed by atoms with E-state index in [0.29, 0.717) is 6.54 Å². The van der Waals surface area contributed by atoms with Gasteiger partial charge in [-0.3, -0.25) is 4.79 Å². The van der Waals surface area contributed by atoms with Gasteiger partial charge in [0.15, 0.2) is 13.3 Å². The van der Waals surface area contributed by atoms with E-state index < -0.39 is 0 Å². The van der Waals surface area contributed by atoms with Gasteiger partial charge in [-0.25, -0.2) is 9.78 Å². The minimum Gasteiger partial charge on any atom is -0.467 e. The van der Waals surface area contributed by atoms with Gasteiger partial charge in [0.1, 0.15) is 5.76 Å². The van der Waals surface area contributed by atoms with Crippen molar-refractivity contribution >= 4 is 5.91 Å². The number of carbonyl (C=O) groups is 1. The fraction of sp³-hybridized carbons (Fsp3) is 0.375. The Morgan fingerprint density at radius 3 is 3.08 bits per heavy atom. The Bertz CT molecular complexity index is 282. The highest BCUT2D eigenvalue weighted by atomic mass is 17.2. The van der Waals surface area contributed by atoms with E-state index >= 15 is 0 Å². The quantitative estimate of drug-likeness (QED) is 0.627. The molecule has 1 aromatic rings. The lowest BCUT2D eigenvalue weighted by atomic mass is 10.4. The summed E-state index contributed by atoms with van der Waals surface area (Å²) in [5.74, 6) is 0.640. The van der Waals surface area contributed by atoms with Crippen LogP contribution in [-0.4, -0.2) is 24.1 Å². The monoisotopic (exact) mass is 183 g/mol. The van der Waals surface area contributed by atoms with Crippen molar-refractivity contribution in [1.82, 2.24) is 4.90 Å². The van der Waals surface area contributed by atoms with Crippen LogP contribution in [0, 0.1) is 0 Å². The summed E-state index contributed by atoms with van der Waals surface area (Å²) in [7, 11) is 0.